The molecule has 1 amide bonds. The van der Waals surface area contributed by atoms with Crippen molar-refractivity contribution in [3.8, 4) is 11.5 Å². The van der Waals surface area contributed by atoms with Gasteiger partial charge in [-0.3, -0.25) is 4.79 Å². The van der Waals surface area contributed by atoms with Gasteiger partial charge >= 0.3 is 5.97 Å². The largest absolute Gasteiger partial charge is 0.480 e. The summed E-state index contributed by atoms with van der Waals surface area (Å²) in [4.78, 5) is 21.7. The Labute approximate surface area is 113 Å². The van der Waals surface area contributed by atoms with Crippen LogP contribution >= 0.6 is 0 Å². The minimum absolute atomic E-state index is 0.336. The molecule has 20 heavy (non-hydrogen) atoms. The molecule has 0 atom stereocenters. The van der Waals surface area contributed by atoms with Crippen molar-refractivity contribution in [2.45, 2.75) is 0 Å². The highest BCUT2D eigenvalue weighted by Crippen LogP contribution is 2.20. The summed E-state index contributed by atoms with van der Waals surface area (Å²) in [6.45, 7) is -0.855. The third-order valence-corrected chi connectivity index (χ3v) is 2.21. The molecule has 1 aromatic heterocycles. The van der Waals surface area contributed by atoms with Crippen LogP contribution in [0.5, 0.6) is 0 Å². The average Bonchev–Trinajstić information content (AvgIpc) is 2.92. The average molecular weight is 277 g/mol. The van der Waals surface area contributed by atoms with Gasteiger partial charge in [-0.1, -0.05) is 6.07 Å². The second-order valence-electron chi connectivity index (χ2n) is 3.76. The summed E-state index contributed by atoms with van der Waals surface area (Å²) in [5, 5.41) is 18.3. The predicted molar refractivity (Wildman–Crippen MR) is 66.8 cm³/mol. The highest BCUT2D eigenvalue weighted by molar-refractivity contribution is 5.92. The molecule has 0 aliphatic rings. The van der Waals surface area contributed by atoms with Gasteiger partial charge in [0.25, 0.3) is 0 Å². The van der Waals surface area contributed by atoms with E-state index in [1.165, 1.54) is 6.39 Å². The maximum absolute atomic E-state index is 11.5. The predicted octanol–water partition coefficient (Wildman–Crippen LogP) is 0.776. The Morgan fingerprint density at radius 3 is 2.90 bits per heavy atom. The van der Waals surface area contributed by atoms with E-state index in [0.29, 0.717) is 17.1 Å². The molecule has 8 heteroatoms. The van der Waals surface area contributed by atoms with E-state index in [4.69, 9.17) is 9.52 Å². The molecular weight excluding hydrogens is 266 g/mol. The molecule has 0 fully saturated rings. The Morgan fingerprint density at radius 1 is 1.35 bits per heavy atom. The van der Waals surface area contributed by atoms with Crippen LogP contribution in [0.25, 0.3) is 11.5 Å². The number of nitrogens with zero attached hydrogens (tertiary/aromatic N) is 2. The first-order chi connectivity index (χ1) is 9.65. The van der Waals surface area contributed by atoms with Crippen LogP contribution in [0.15, 0.2) is 35.1 Å². The number of hydrogen-bond acceptors (Lipinski definition) is 6. The van der Waals surface area contributed by atoms with Crippen LogP contribution in [0, 0.1) is 0 Å². The van der Waals surface area contributed by atoms with Gasteiger partial charge in [0.1, 0.15) is 13.2 Å². The monoisotopic (exact) mass is 277 g/mol. The number of rotatable bonds is 6. The summed E-state index contributed by atoms with van der Waals surface area (Å²) in [6.07, 6.45) is 1.21. The van der Waals surface area contributed by atoms with Gasteiger partial charge in [-0.15, -0.1) is 10.2 Å². The normalized spacial score (nSPS) is 10.2. The maximum atomic E-state index is 11.5. The van der Waals surface area contributed by atoms with E-state index in [9.17, 15) is 9.59 Å². The van der Waals surface area contributed by atoms with Crippen molar-refractivity contribution in [1.29, 1.82) is 0 Å². The fourth-order valence-corrected chi connectivity index (χ4v) is 1.46. The van der Waals surface area contributed by atoms with Crippen LogP contribution in [0.3, 0.4) is 0 Å². The Bertz CT molecular complexity index is 597. The summed E-state index contributed by atoms with van der Waals surface area (Å²) in [5.74, 6) is -1.24. The van der Waals surface area contributed by atoms with Gasteiger partial charge in [0.05, 0.1) is 0 Å². The second-order valence-corrected chi connectivity index (χ2v) is 3.76. The Morgan fingerprint density at radius 2 is 2.20 bits per heavy atom. The smallest absolute Gasteiger partial charge is 0.329 e. The van der Waals surface area contributed by atoms with Crippen molar-refractivity contribution < 1.29 is 23.8 Å². The third-order valence-electron chi connectivity index (χ3n) is 2.21. The number of anilines is 1. The number of aliphatic carboxylic acids is 1. The van der Waals surface area contributed by atoms with Crippen molar-refractivity contribution in [2.75, 3.05) is 18.5 Å². The van der Waals surface area contributed by atoms with Crippen molar-refractivity contribution in [1.82, 2.24) is 10.2 Å². The van der Waals surface area contributed by atoms with E-state index in [-0.39, 0.29) is 6.61 Å². The number of hydrogen-bond donors (Lipinski definition) is 2. The second kappa shape index (κ2) is 6.43. The number of ether oxygens (including phenoxy) is 1. The lowest BCUT2D eigenvalue weighted by Gasteiger charge is -2.06. The van der Waals surface area contributed by atoms with Crippen LogP contribution in [-0.2, 0) is 14.3 Å². The molecule has 1 aromatic carbocycles. The number of carboxylic acids is 1. The summed E-state index contributed by atoms with van der Waals surface area (Å²) in [5.41, 5.74) is 1.18. The zero-order valence-electron chi connectivity index (χ0n) is 10.3. The minimum Gasteiger partial charge on any atom is -0.480 e. The van der Waals surface area contributed by atoms with Gasteiger partial charge in [0.2, 0.25) is 18.2 Å². The molecule has 0 radical (unpaired) electrons. The molecule has 0 bridgehead atoms. The number of benzene rings is 1. The van der Waals surface area contributed by atoms with E-state index in [0.717, 1.165) is 0 Å². The number of carbonyl (C=O) groups is 2. The van der Waals surface area contributed by atoms with E-state index >= 15 is 0 Å². The number of amides is 1. The fourth-order valence-electron chi connectivity index (χ4n) is 1.46. The molecule has 2 N–H and O–H groups in total. The highest BCUT2D eigenvalue weighted by Gasteiger charge is 2.07. The molecule has 0 saturated carbocycles. The van der Waals surface area contributed by atoms with Gasteiger partial charge in [0, 0.05) is 11.3 Å². The van der Waals surface area contributed by atoms with Crippen LogP contribution in [0.1, 0.15) is 0 Å². The lowest BCUT2D eigenvalue weighted by molar-refractivity contribution is -0.143. The quantitative estimate of drug-likeness (QED) is 0.801. The number of carboxylic acid groups (broad SMARTS) is 1. The number of nitrogens with one attached hydrogen (secondary N) is 1. The van der Waals surface area contributed by atoms with Crippen LogP contribution in [0.2, 0.25) is 0 Å². The molecule has 2 aromatic rings. The maximum Gasteiger partial charge on any atom is 0.329 e. The Balaban J connectivity index is 1.94. The third kappa shape index (κ3) is 3.89. The molecule has 0 spiro atoms. The first-order valence-corrected chi connectivity index (χ1v) is 5.61. The summed E-state index contributed by atoms with van der Waals surface area (Å²) < 4.78 is 9.72. The summed E-state index contributed by atoms with van der Waals surface area (Å²) >= 11 is 0. The lowest BCUT2D eigenvalue weighted by Crippen LogP contribution is -2.20. The van der Waals surface area contributed by atoms with E-state index in [2.05, 4.69) is 20.3 Å². The minimum atomic E-state index is -1.13. The molecule has 0 unspecified atom stereocenters. The molecule has 0 saturated heterocycles. The summed E-state index contributed by atoms with van der Waals surface area (Å²) in [7, 11) is 0. The van der Waals surface area contributed by atoms with E-state index in [1.807, 2.05) is 0 Å². The lowest BCUT2D eigenvalue weighted by atomic mass is 10.2. The van der Waals surface area contributed by atoms with Gasteiger partial charge in [-0.25, -0.2) is 4.79 Å². The molecule has 2 rings (SSSR count). The first-order valence-electron chi connectivity index (χ1n) is 5.61. The van der Waals surface area contributed by atoms with Gasteiger partial charge in [-0.2, -0.15) is 0 Å². The van der Waals surface area contributed by atoms with E-state index < -0.39 is 18.5 Å². The molecule has 104 valence electrons. The molecular formula is C12H11N3O5. The number of aromatic nitrogens is 2. The summed E-state index contributed by atoms with van der Waals surface area (Å²) in [6, 6.07) is 6.80. The van der Waals surface area contributed by atoms with Gasteiger partial charge in [-0.05, 0) is 18.2 Å². The fraction of sp³-hybridized carbons (Fsp3) is 0.167. The first kappa shape index (κ1) is 13.7. The van der Waals surface area contributed by atoms with Crippen molar-refractivity contribution in [3.63, 3.8) is 0 Å². The Hall–Kier alpha value is -2.74. The van der Waals surface area contributed by atoms with E-state index in [1.54, 1.807) is 24.3 Å². The zero-order valence-corrected chi connectivity index (χ0v) is 10.3. The Kier molecular flexibility index (Phi) is 4.40. The van der Waals surface area contributed by atoms with Crippen molar-refractivity contribution in [2.24, 2.45) is 0 Å². The van der Waals surface area contributed by atoms with Crippen LogP contribution in [-0.4, -0.2) is 40.4 Å². The van der Waals surface area contributed by atoms with Gasteiger partial charge < -0.3 is 19.6 Å². The van der Waals surface area contributed by atoms with Crippen LogP contribution in [0.4, 0.5) is 5.69 Å². The van der Waals surface area contributed by atoms with Gasteiger partial charge in [0.15, 0.2) is 0 Å². The molecule has 1 heterocycles. The SMILES string of the molecule is O=C(O)COCC(=O)Nc1cccc(-c2nnco2)c1. The standard InChI is InChI=1S/C12H11N3O5/c16-10(5-19-6-11(17)18)14-9-3-1-2-8(4-9)12-15-13-7-20-12/h1-4,7H,5-6H2,(H,14,16)(H,17,18). The van der Waals surface area contributed by atoms with Crippen LogP contribution < -0.4 is 5.32 Å². The molecule has 0 aliphatic heterocycles. The highest BCUT2D eigenvalue weighted by atomic mass is 16.5. The van der Waals surface area contributed by atoms with Crippen molar-refractivity contribution in [3.05, 3.63) is 30.7 Å². The topological polar surface area (TPSA) is 115 Å². The molecule has 8 nitrogen and oxygen atoms in total. The zero-order chi connectivity index (χ0) is 14.4. The van der Waals surface area contributed by atoms with Crippen molar-refractivity contribution >= 4 is 17.6 Å². The molecule has 0 aliphatic carbocycles. The number of carbonyl (C=O) groups excluding carboxylic acids is 1.